The van der Waals surface area contributed by atoms with E-state index in [4.69, 9.17) is 4.74 Å². The number of fused-ring (bicyclic) bond motifs is 1. The van der Waals surface area contributed by atoms with Crippen molar-refractivity contribution in [1.82, 2.24) is 0 Å². The minimum absolute atomic E-state index is 0.0471. The van der Waals surface area contributed by atoms with Gasteiger partial charge in [-0.3, -0.25) is 0 Å². The molecule has 7 nitrogen and oxygen atoms in total. The molecule has 1 fully saturated rings. The zero-order chi connectivity index (χ0) is 31.5. The van der Waals surface area contributed by atoms with Gasteiger partial charge in [-0.2, -0.15) is 30.4 Å². The van der Waals surface area contributed by atoms with Gasteiger partial charge in [0, 0.05) is 36.3 Å². The Morgan fingerprint density at radius 2 is 1.42 bits per heavy atom. The van der Waals surface area contributed by atoms with Crippen LogP contribution in [-0.4, -0.2) is 48.0 Å². The lowest BCUT2D eigenvalue weighted by Gasteiger charge is -2.34. The molecule has 0 N–H and O–H groups in total. The molecule has 43 heavy (non-hydrogen) atoms. The summed E-state index contributed by atoms with van der Waals surface area (Å²) in [4.78, 5) is 0.752. The Hall–Kier alpha value is -3.60. The Morgan fingerprint density at radius 3 is 2.02 bits per heavy atom. The average Bonchev–Trinajstić information content (AvgIpc) is 2.96. The molecule has 3 aromatic carbocycles. The Bertz CT molecular complexity index is 1790. The summed E-state index contributed by atoms with van der Waals surface area (Å²) in [6, 6.07) is 6.05. The number of anilines is 1. The van der Waals surface area contributed by atoms with Crippen LogP contribution in [0.15, 0.2) is 41.3 Å². The molecule has 0 amide bonds. The molecular weight excluding hydrogens is 638 g/mol. The summed E-state index contributed by atoms with van der Waals surface area (Å²) in [5.74, 6) is -15.7. The summed E-state index contributed by atoms with van der Waals surface area (Å²) in [6.45, 7) is -0.160. The number of nitrogens with zero attached hydrogens (tertiary/aromatic N) is 1. The number of alkyl halides is 3. The van der Waals surface area contributed by atoms with Gasteiger partial charge in [-0.05, 0) is 30.2 Å². The maximum Gasteiger partial charge on any atom is 0.416 e. The molecule has 0 radical (unpaired) electrons. The van der Waals surface area contributed by atoms with Crippen molar-refractivity contribution in [2.45, 2.75) is 23.4 Å². The highest BCUT2D eigenvalue weighted by Gasteiger charge is 2.36. The van der Waals surface area contributed by atoms with Gasteiger partial charge in [0.25, 0.3) is 0 Å². The van der Waals surface area contributed by atoms with Crippen LogP contribution in [0.2, 0.25) is 0 Å². The molecule has 1 atom stereocenters. The topological polar surface area (TPSA) is 90.0 Å². The van der Waals surface area contributed by atoms with Gasteiger partial charge in [-0.25, -0.2) is 21.6 Å². The van der Waals surface area contributed by atoms with E-state index in [1.807, 2.05) is 0 Å². The van der Waals surface area contributed by atoms with E-state index in [0.29, 0.717) is 11.1 Å². The van der Waals surface area contributed by atoms with Gasteiger partial charge in [-0.15, -0.1) is 0 Å². The van der Waals surface area contributed by atoms with Crippen LogP contribution in [0.4, 0.5) is 40.8 Å². The van der Waals surface area contributed by atoms with Crippen molar-refractivity contribution in [2.75, 3.05) is 36.1 Å². The fourth-order valence-electron chi connectivity index (χ4n) is 4.91. The van der Waals surface area contributed by atoms with Gasteiger partial charge in [0.05, 0.1) is 23.7 Å². The first-order valence-electron chi connectivity index (χ1n) is 12.4. The molecule has 2 aliphatic heterocycles. The molecule has 0 bridgehead atoms. The SMILES string of the molecule is O=S1(=O)CCN(c2cc(C(F)(F)F)ccc2[C@H]2CCOc3cc(S(=O)(=O)Oc4c(F)c(F)c(F)c(F)c4F)ccc32)CC1. The first-order chi connectivity index (χ1) is 20.0. The highest BCUT2D eigenvalue weighted by Crippen LogP contribution is 2.45. The van der Waals surface area contributed by atoms with E-state index in [2.05, 4.69) is 4.18 Å². The van der Waals surface area contributed by atoms with Crippen molar-refractivity contribution in [1.29, 1.82) is 0 Å². The second-order valence-corrected chi connectivity index (χ2v) is 13.6. The quantitative estimate of drug-likeness (QED) is 0.159. The van der Waals surface area contributed by atoms with Gasteiger partial charge >= 0.3 is 16.3 Å². The highest BCUT2D eigenvalue weighted by molar-refractivity contribution is 7.91. The third kappa shape index (κ3) is 5.83. The molecule has 0 aromatic heterocycles. The lowest BCUT2D eigenvalue weighted by Crippen LogP contribution is -2.41. The van der Waals surface area contributed by atoms with E-state index >= 15 is 0 Å². The normalized spacial score (nSPS) is 18.6. The van der Waals surface area contributed by atoms with Crippen molar-refractivity contribution in [2.24, 2.45) is 0 Å². The van der Waals surface area contributed by atoms with Crippen molar-refractivity contribution in [3.8, 4) is 11.5 Å². The van der Waals surface area contributed by atoms with Crippen LogP contribution < -0.4 is 13.8 Å². The molecule has 0 aliphatic carbocycles. The number of sulfone groups is 1. The largest absolute Gasteiger partial charge is 0.493 e. The first kappa shape index (κ1) is 30.8. The second kappa shape index (κ2) is 10.8. The van der Waals surface area contributed by atoms with Gasteiger partial charge < -0.3 is 13.8 Å². The third-order valence-electron chi connectivity index (χ3n) is 7.09. The zero-order valence-corrected chi connectivity index (χ0v) is 23.2. The maximum atomic E-state index is 14.1. The van der Waals surface area contributed by atoms with Crippen LogP contribution in [0, 0.1) is 29.1 Å². The van der Waals surface area contributed by atoms with E-state index in [-0.39, 0.29) is 49.1 Å². The summed E-state index contributed by atoms with van der Waals surface area (Å²) in [5.41, 5.74) is -0.134. The van der Waals surface area contributed by atoms with E-state index in [9.17, 15) is 52.0 Å². The van der Waals surface area contributed by atoms with Crippen LogP contribution in [-0.2, 0) is 26.1 Å². The fraction of sp³-hybridized carbons (Fsp3) is 0.308. The molecule has 232 valence electrons. The minimum Gasteiger partial charge on any atom is -0.493 e. The summed E-state index contributed by atoms with van der Waals surface area (Å²) in [7, 11) is -8.55. The number of hydrogen-bond donors (Lipinski definition) is 0. The molecule has 0 saturated carbocycles. The monoisotopic (exact) mass is 657 g/mol. The summed E-state index contributed by atoms with van der Waals surface area (Å²) < 4.78 is 169. The van der Waals surface area contributed by atoms with E-state index < -0.39 is 77.3 Å². The molecule has 0 unspecified atom stereocenters. The smallest absolute Gasteiger partial charge is 0.416 e. The van der Waals surface area contributed by atoms with E-state index in [1.54, 1.807) is 0 Å². The second-order valence-electron chi connectivity index (χ2n) is 9.74. The Morgan fingerprint density at radius 1 is 0.837 bits per heavy atom. The van der Waals surface area contributed by atoms with Crippen molar-refractivity contribution in [3.05, 3.63) is 82.2 Å². The van der Waals surface area contributed by atoms with Gasteiger partial charge in [0.1, 0.15) is 10.6 Å². The lowest BCUT2D eigenvalue weighted by atomic mass is 9.85. The molecular formula is C26H19F8NO6S2. The van der Waals surface area contributed by atoms with Gasteiger partial charge in [0.2, 0.25) is 34.8 Å². The van der Waals surface area contributed by atoms with Gasteiger partial charge in [0.15, 0.2) is 9.84 Å². The van der Waals surface area contributed by atoms with Crippen LogP contribution in [0.5, 0.6) is 11.5 Å². The molecule has 5 rings (SSSR count). The van der Waals surface area contributed by atoms with E-state index in [1.165, 1.54) is 17.0 Å². The molecule has 2 heterocycles. The van der Waals surface area contributed by atoms with Crippen molar-refractivity contribution < 1.29 is 60.9 Å². The average molecular weight is 658 g/mol. The predicted molar refractivity (Wildman–Crippen MR) is 135 cm³/mol. The number of hydrogen-bond acceptors (Lipinski definition) is 7. The lowest BCUT2D eigenvalue weighted by molar-refractivity contribution is -0.137. The number of benzene rings is 3. The molecule has 2 aliphatic rings. The van der Waals surface area contributed by atoms with Crippen LogP contribution in [0.3, 0.4) is 0 Å². The predicted octanol–water partition coefficient (Wildman–Crippen LogP) is 5.32. The highest BCUT2D eigenvalue weighted by atomic mass is 32.2. The molecule has 17 heteroatoms. The maximum absolute atomic E-state index is 14.1. The molecule has 3 aromatic rings. The summed E-state index contributed by atoms with van der Waals surface area (Å²) >= 11 is 0. The molecule has 1 saturated heterocycles. The molecule has 0 spiro atoms. The summed E-state index contributed by atoms with van der Waals surface area (Å²) in [5, 5.41) is 0. The third-order valence-corrected chi connectivity index (χ3v) is 9.92. The number of rotatable bonds is 5. The van der Waals surface area contributed by atoms with E-state index in [0.717, 1.165) is 24.3 Å². The number of halogens is 8. The minimum atomic E-state index is -5.18. The Kier molecular flexibility index (Phi) is 7.77. The standard InChI is InChI=1S/C26H19F8NO6S2/c27-20-21(28)23(30)25(24(31)22(20)29)41-43(38,39)14-2-4-17-15(5-8-40-19(17)12-14)16-3-1-13(26(32,33)34)11-18(16)35-6-9-42(36,37)10-7-35/h1-4,11-12,15H,5-10H2/t15-/m1/s1. The Labute approximate surface area is 239 Å². The van der Waals surface area contributed by atoms with Crippen LogP contribution in [0.25, 0.3) is 0 Å². The first-order valence-corrected chi connectivity index (χ1v) is 15.6. The Balaban J connectivity index is 1.53. The van der Waals surface area contributed by atoms with Crippen molar-refractivity contribution in [3.63, 3.8) is 0 Å². The van der Waals surface area contributed by atoms with Crippen LogP contribution in [0.1, 0.15) is 29.0 Å². The van der Waals surface area contributed by atoms with Crippen molar-refractivity contribution >= 4 is 25.6 Å². The van der Waals surface area contributed by atoms with Crippen LogP contribution >= 0.6 is 0 Å². The fourth-order valence-corrected chi connectivity index (χ4v) is 7.06. The zero-order valence-electron chi connectivity index (χ0n) is 21.5. The number of ether oxygens (including phenoxy) is 1. The summed E-state index contributed by atoms with van der Waals surface area (Å²) in [6.07, 6.45) is -4.47. The van der Waals surface area contributed by atoms with Gasteiger partial charge in [-0.1, -0.05) is 12.1 Å².